The summed E-state index contributed by atoms with van der Waals surface area (Å²) in [6.07, 6.45) is 81.4. The average Bonchev–Trinajstić information content (AvgIpc) is 1.96. The van der Waals surface area contributed by atoms with Crippen molar-refractivity contribution in [3.8, 4) is 0 Å². The zero-order valence-electron chi connectivity index (χ0n) is 73.7. The third-order valence-electron chi connectivity index (χ3n) is 19.0. The van der Waals surface area contributed by atoms with Gasteiger partial charge in [0, 0.05) is 19.3 Å². The Labute approximate surface area is 696 Å². The van der Waals surface area contributed by atoms with Crippen LogP contribution < -0.4 is 0 Å². The maximum absolute atomic E-state index is 10.4. The van der Waals surface area contributed by atoms with Crippen LogP contribution in [0.25, 0.3) is 0 Å². The molecule has 0 radical (unpaired) electrons. The third kappa shape index (κ3) is 158. The van der Waals surface area contributed by atoms with E-state index in [4.69, 9.17) is 107 Å². The van der Waals surface area contributed by atoms with Crippen LogP contribution in [0.5, 0.6) is 0 Å². The summed E-state index contributed by atoms with van der Waals surface area (Å²) in [6, 6.07) is 0. The highest BCUT2D eigenvalue weighted by atomic mass is 16.4. The van der Waals surface area contributed by atoms with Gasteiger partial charge in [-0.2, -0.15) is 0 Å². The van der Waals surface area contributed by atoms with Crippen LogP contribution in [0.15, 0.2) is 0 Å². The Morgan fingerprint density at radius 2 is 0.219 bits per heavy atom. The van der Waals surface area contributed by atoms with E-state index in [1.807, 2.05) is 0 Å². The maximum Gasteiger partial charge on any atom is 0.303 e. The largest absolute Gasteiger partial charge is 0.481 e. The molecule has 21 N–H and O–H groups in total. The summed E-state index contributed by atoms with van der Waals surface area (Å²) >= 11 is 0. The van der Waals surface area contributed by atoms with Gasteiger partial charge in [0.25, 0.3) is 0 Å². The van der Waals surface area contributed by atoms with Crippen LogP contribution in [0.2, 0.25) is 0 Å². The molecule has 696 valence electrons. The maximum atomic E-state index is 10.4. The summed E-state index contributed by atoms with van der Waals surface area (Å²) in [7, 11) is 0. The molecule has 0 saturated carbocycles. The number of unbranched alkanes of at least 4 members (excludes halogenated alkanes) is 60. The molecule has 0 amide bonds. The number of rotatable bonds is 78. The molecule has 114 heavy (non-hydrogen) atoms. The van der Waals surface area contributed by atoms with E-state index in [1.165, 1.54) is 366 Å². The first-order chi connectivity index (χ1) is 55.2. The quantitative estimate of drug-likeness (QED) is 0.0251. The Morgan fingerprint density at radius 3 is 0.272 bits per heavy atom. The van der Waals surface area contributed by atoms with Gasteiger partial charge in [0.15, 0.2) is 0 Å². The van der Waals surface area contributed by atoms with Crippen LogP contribution in [0.4, 0.5) is 0 Å². The number of aliphatic hydroxyl groups is 18. The molecule has 0 heterocycles. The number of aliphatic carboxylic acids is 3. The van der Waals surface area contributed by atoms with E-state index in [9.17, 15) is 14.4 Å². The van der Waals surface area contributed by atoms with E-state index in [0.29, 0.717) is 19.3 Å². The Bertz CT molecular complexity index is 1400. The van der Waals surface area contributed by atoms with Gasteiger partial charge in [-0.1, -0.05) is 406 Å². The lowest BCUT2D eigenvalue weighted by Crippen LogP contribution is -2.15. The zero-order valence-corrected chi connectivity index (χ0v) is 73.7. The van der Waals surface area contributed by atoms with Gasteiger partial charge in [0.1, 0.15) is 36.6 Å². The Balaban J connectivity index is -0.000000170. The summed E-state index contributed by atoms with van der Waals surface area (Å²) in [5, 5.41) is 170. The zero-order chi connectivity index (χ0) is 87.4. The van der Waals surface area contributed by atoms with Crippen molar-refractivity contribution in [1.82, 2.24) is 0 Å². The molecular weight excluding hydrogens is 1460 g/mol. The molecule has 0 aromatic heterocycles. The first kappa shape index (κ1) is 130. The first-order valence-electron chi connectivity index (χ1n) is 46.2. The molecule has 24 heteroatoms. The number of hydrogen-bond acceptors (Lipinski definition) is 21. The summed E-state index contributed by atoms with van der Waals surface area (Å²) in [5.74, 6) is -1.95. The molecule has 0 fully saturated rings. The van der Waals surface area contributed by atoms with E-state index < -0.39 is 54.5 Å². The van der Waals surface area contributed by atoms with Crippen LogP contribution in [0, 0.1) is 0 Å². The van der Waals surface area contributed by atoms with Gasteiger partial charge < -0.3 is 107 Å². The molecule has 0 aromatic carbocycles. The second-order valence-corrected chi connectivity index (χ2v) is 30.8. The van der Waals surface area contributed by atoms with Crippen molar-refractivity contribution in [2.45, 2.75) is 481 Å². The predicted molar refractivity (Wildman–Crippen MR) is 466 cm³/mol. The molecule has 0 aliphatic heterocycles. The number of hydrogen-bond donors (Lipinski definition) is 21. The molecule has 0 spiro atoms. The fourth-order valence-electron chi connectivity index (χ4n) is 11.5. The smallest absolute Gasteiger partial charge is 0.303 e. The predicted octanol–water partition coefficient (Wildman–Crippen LogP) is 16.0. The number of aliphatic hydroxyl groups excluding tert-OH is 18. The van der Waals surface area contributed by atoms with Crippen molar-refractivity contribution >= 4 is 17.9 Å². The van der Waals surface area contributed by atoms with Crippen LogP contribution >= 0.6 is 0 Å². The van der Waals surface area contributed by atoms with Gasteiger partial charge in [-0.3, -0.25) is 14.4 Å². The highest BCUT2D eigenvalue weighted by Gasteiger charge is 2.04. The fraction of sp³-hybridized carbons (Fsp3) is 0.967. The molecule has 0 rings (SSSR count). The van der Waals surface area contributed by atoms with E-state index in [-0.39, 0.29) is 79.3 Å². The molecule has 0 bridgehead atoms. The van der Waals surface area contributed by atoms with Gasteiger partial charge in [0.2, 0.25) is 0 Å². The van der Waals surface area contributed by atoms with Gasteiger partial charge in [-0.25, -0.2) is 0 Å². The summed E-state index contributed by atoms with van der Waals surface area (Å²) in [5.41, 5.74) is 0. The highest BCUT2D eigenvalue weighted by Crippen LogP contribution is 2.20. The van der Waals surface area contributed by atoms with Crippen molar-refractivity contribution in [2.24, 2.45) is 0 Å². The standard InChI is InChI=1S/3C24H48O2.6C3H8O3/c3*1-2-3-4-5-6-7-8-9-10-11-12-13-14-15-16-17-18-19-20-21-22-23-24(25)26;6*4-1-3(6)2-5/h3*2-23H2,1H3,(H,25,26);6*3-6H,1-2H2. The molecule has 0 aromatic rings. The lowest BCUT2D eigenvalue weighted by molar-refractivity contribution is -0.138. The van der Waals surface area contributed by atoms with Crippen molar-refractivity contribution in [2.75, 3.05) is 79.3 Å². The average molecular weight is 1660 g/mol. The monoisotopic (exact) mass is 1660 g/mol. The molecule has 24 nitrogen and oxygen atoms in total. The minimum atomic E-state index is -0.954. The Hall–Kier alpha value is -2.31. The van der Waals surface area contributed by atoms with Gasteiger partial charge in [-0.15, -0.1) is 0 Å². The van der Waals surface area contributed by atoms with Gasteiger partial charge in [0.05, 0.1) is 79.3 Å². The minimum Gasteiger partial charge on any atom is -0.481 e. The van der Waals surface area contributed by atoms with E-state index in [2.05, 4.69) is 20.8 Å². The molecule has 0 atom stereocenters. The summed E-state index contributed by atoms with van der Waals surface area (Å²) in [6.45, 7) is 2.49. The molecular formula is C90H192O24. The van der Waals surface area contributed by atoms with Crippen molar-refractivity contribution < 1.29 is 122 Å². The van der Waals surface area contributed by atoms with Crippen LogP contribution in [0.1, 0.15) is 445 Å². The summed E-state index contributed by atoms with van der Waals surface area (Å²) < 4.78 is 0. The van der Waals surface area contributed by atoms with Crippen molar-refractivity contribution in [1.29, 1.82) is 0 Å². The van der Waals surface area contributed by atoms with E-state index >= 15 is 0 Å². The number of carbonyl (C=O) groups is 3. The normalized spacial score (nSPS) is 10.8. The molecule has 0 aliphatic carbocycles. The molecule has 0 aliphatic rings. The number of carboxylic acids is 3. The minimum absolute atomic E-state index is 0.346. The van der Waals surface area contributed by atoms with Crippen LogP contribution in [-0.2, 0) is 14.4 Å². The van der Waals surface area contributed by atoms with E-state index in [0.717, 1.165) is 38.5 Å². The topological polar surface area (TPSA) is 476 Å². The lowest BCUT2D eigenvalue weighted by atomic mass is 10.0. The van der Waals surface area contributed by atoms with Gasteiger partial charge >= 0.3 is 17.9 Å². The number of carboxylic acid groups (broad SMARTS) is 3. The first-order valence-corrected chi connectivity index (χ1v) is 46.2. The second kappa shape index (κ2) is 126. The fourth-order valence-corrected chi connectivity index (χ4v) is 11.5. The van der Waals surface area contributed by atoms with Crippen LogP contribution in [0.3, 0.4) is 0 Å². The van der Waals surface area contributed by atoms with Crippen LogP contribution in [-0.4, -0.2) is 241 Å². The molecule has 0 unspecified atom stereocenters. The van der Waals surface area contributed by atoms with E-state index in [1.54, 1.807) is 0 Å². The second-order valence-electron chi connectivity index (χ2n) is 30.8. The van der Waals surface area contributed by atoms with Crippen molar-refractivity contribution in [3.63, 3.8) is 0 Å². The van der Waals surface area contributed by atoms with Gasteiger partial charge in [-0.05, 0) is 19.3 Å². The summed E-state index contributed by atoms with van der Waals surface area (Å²) in [4.78, 5) is 31.2. The van der Waals surface area contributed by atoms with Crippen molar-refractivity contribution in [3.05, 3.63) is 0 Å². The Morgan fingerprint density at radius 1 is 0.149 bits per heavy atom. The Kier molecular flexibility index (Phi) is 144. The third-order valence-corrected chi connectivity index (χ3v) is 19.0. The SMILES string of the molecule is CCCCCCCCCCCCCCCCCCCCCCCC(=O)O.CCCCCCCCCCCCCCCCCCCCCCCC(=O)O.CCCCCCCCCCCCCCCCCCCCCCCC(=O)O.OCC(O)CO.OCC(O)CO.OCC(O)CO.OCC(O)CO.OCC(O)CO.OCC(O)CO. The lowest BCUT2D eigenvalue weighted by Gasteiger charge is -2.04. The highest BCUT2D eigenvalue weighted by molar-refractivity contribution is 5.67. The molecule has 0 saturated heterocycles.